The summed E-state index contributed by atoms with van der Waals surface area (Å²) in [6.07, 6.45) is 2.58. The quantitative estimate of drug-likeness (QED) is 0.514. The first-order chi connectivity index (χ1) is 10.5. The standard InChI is InChI=1S/C17H27N3OS/c1-14(2)12-19-16(18-8-7-15-6-5-10-21-15)20-9-11-22-17(3,4)13-20/h5-6,10H,1,7-9,11-13H2,2-4H3,(H,18,19). The fourth-order valence-corrected chi connectivity index (χ4v) is 3.54. The highest BCUT2D eigenvalue weighted by atomic mass is 32.2. The molecule has 2 heterocycles. The number of guanidine groups is 1. The largest absolute Gasteiger partial charge is 0.469 e. The molecule has 2 rings (SSSR count). The molecule has 1 N–H and O–H groups in total. The third-order valence-electron chi connectivity index (χ3n) is 3.46. The van der Waals surface area contributed by atoms with Crippen molar-refractivity contribution < 1.29 is 4.42 Å². The number of thioether (sulfide) groups is 1. The lowest BCUT2D eigenvalue weighted by Crippen LogP contribution is -2.51. The number of nitrogens with zero attached hydrogens (tertiary/aromatic N) is 2. The van der Waals surface area contributed by atoms with Crippen molar-refractivity contribution in [1.82, 2.24) is 10.2 Å². The molecule has 122 valence electrons. The summed E-state index contributed by atoms with van der Waals surface area (Å²) >= 11 is 2.03. The van der Waals surface area contributed by atoms with Crippen molar-refractivity contribution in [3.63, 3.8) is 0 Å². The minimum absolute atomic E-state index is 0.269. The summed E-state index contributed by atoms with van der Waals surface area (Å²) in [5.74, 6) is 3.13. The van der Waals surface area contributed by atoms with Crippen LogP contribution < -0.4 is 5.32 Å². The third-order valence-corrected chi connectivity index (χ3v) is 4.76. The van der Waals surface area contributed by atoms with E-state index in [1.807, 2.05) is 30.8 Å². The molecule has 0 spiro atoms. The molecule has 0 unspecified atom stereocenters. The van der Waals surface area contributed by atoms with Crippen molar-refractivity contribution in [2.24, 2.45) is 4.99 Å². The molecule has 0 saturated carbocycles. The summed E-state index contributed by atoms with van der Waals surface area (Å²) in [5, 5.41) is 3.49. The highest BCUT2D eigenvalue weighted by molar-refractivity contribution is 8.00. The van der Waals surface area contributed by atoms with Crippen molar-refractivity contribution in [1.29, 1.82) is 0 Å². The van der Waals surface area contributed by atoms with E-state index < -0.39 is 0 Å². The van der Waals surface area contributed by atoms with Crippen molar-refractivity contribution in [3.8, 4) is 0 Å². The van der Waals surface area contributed by atoms with Crippen molar-refractivity contribution >= 4 is 17.7 Å². The Morgan fingerprint density at radius 3 is 3.00 bits per heavy atom. The molecule has 1 aromatic heterocycles. The maximum Gasteiger partial charge on any atom is 0.194 e. The van der Waals surface area contributed by atoms with Gasteiger partial charge >= 0.3 is 0 Å². The SMILES string of the molecule is C=C(C)CN=C(NCCc1ccco1)N1CCSC(C)(C)C1. The molecular formula is C17H27N3OS. The Kier molecular flexibility index (Phi) is 6.00. The van der Waals surface area contributed by atoms with Crippen LogP contribution in [-0.4, -0.2) is 47.5 Å². The first-order valence-corrected chi connectivity index (χ1v) is 8.79. The molecule has 1 fully saturated rings. The summed E-state index contributed by atoms with van der Waals surface area (Å²) in [6, 6.07) is 3.93. The van der Waals surface area contributed by atoms with E-state index in [0.717, 1.165) is 49.1 Å². The van der Waals surface area contributed by atoms with Gasteiger partial charge < -0.3 is 14.6 Å². The molecule has 0 amide bonds. The Morgan fingerprint density at radius 2 is 2.36 bits per heavy atom. The topological polar surface area (TPSA) is 40.8 Å². The van der Waals surface area contributed by atoms with Crippen LogP contribution in [0.4, 0.5) is 0 Å². The average molecular weight is 321 g/mol. The minimum atomic E-state index is 0.269. The van der Waals surface area contributed by atoms with E-state index in [1.165, 1.54) is 0 Å². The predicted octanol–water partition coefficient (Wildman–Crippen LogP) is 3.17. The van der Waals surface area contributed by atoms with Gasteiger partial charge in [0.25, 0.3) is 0 Å². The van der Waals surface area contributed by atoms with Gasteiger partial charge in [0, 0.05) is 36.6 Å². The van der Waals surface area contributed by atoms with Crippen LogP contribution >= 0.6 is 11.8 Å². The Bertz CT molecular complexity index is 508. The van der Waals surface area contributed by atoms with Gasteiger partial charge in [-0.2, -0.15) is 11.8 Å². The molecule has 0 aliphatic carbocycles. The highest BCUT2D eigenvalue weighted by Crippen LogP contribution is 2.29. The van der Waals surface area contributed by atoms with Crippen LogP contribution in [0.5, 0.6) is 0 Å². The van der Waals surface area contributed by atoms with Crippen molar-refractivity contribution in [3.05, 3.63) is 36.3 Å². The molecule has 1 aliphatic heterocycles. The molecule has 0 radical (unpaired) electrons. The molecule has 1 aliphatic rings. The molecular weight excluding hydrogens is 294 g/mol. The Labute approximate surface area is 138 Å². The van der Waals surface area contributed by atoms with Crippen molar-refractivity contribution in [2.45, 2.75) is 31.9 Å². The van der Waals surface area contributed by atoms with Crippen LogP contribution in [0.1, 0.15) is 26.5 Å². The van der Waals surface area contributed by atoms with Crippen LogP contribution in [0.25, 0.3) is 0 Å². The minimum Gasteiger partial charge on any atom is -0.469 e. The zero-order valence-electron chi connectivity index (χ0n) is 13.9. The van der Waals surface area contributed by atoms with Gasteiger partial charge in [0.2, 0.25) is 0 Å². The molecule has 4 nitrogen and oxygen atoms in total. The van der Waals surface area contributed by atoms with Gasteiger partial charge in [0.15, 0.2) is 5.96 Å². The van der Waals surface area contributed by atoms with E-state index in [1.54, 1.807) is 6.26 Å². The first kappa shape index (κ1) is 17.0. The maximum atomic E-state index is 5.38. The number of hydrogen-bond donors (Lipinski definition) is 1. The van der Waals surface area contributed by atoms with E-state index in [2.05, 4.69) is 30.6 Å². The normalized spacial score (nSPS) is 18.3. The fraction of sp³-hybridized carbons (Fsp3) is 0.588. The summed E-state index contributed by atoms with van der Waals surface area (Å²) in [5.41, 5.74) is 1.08. The Balaban J connectivity index is 1.96. The number of nitrogens with one attached hydrogen (secondary N) is 1. The van der Waals surface area contributed by atoms with Crippen LogP contribution in [0.2, 0.25) is 0 Å². The third kappa shape index (κ3) is 5.44. The molecule has 0 atom stereocenters. The lowest BCUT2D eigenvalue weighted by Gasteiger charge is -2.39. The van der Waals surface area contributed by atoms with Gasteiger partial charge in [-0.3, -0.25) is 0 Å². The summed E-state index contributed by atoms with van der Waals surface area (Å²) < 4.78 is 5.65. The fourth-order valence-electron chi connectivity index (χ4n) is 2.43. The molecule has 1 aromatic rings. The van der Waals surface area contributed by atoms with Crippen LogP contribution in [0.3, 0.4) is 0 Å². The summed E-state index contributed by atoms with van der Waals surface area (Å²) in [6.45, 7) is 14.1. The molecule has 0 aromatic carbocycles. The zero-order valence-corrected chi connectivity index (χ0v) is 14.7. The van der Waals surface area contributed by atoms with Gasteiger partial charge in [0.1, 0.15) is 5.76 Å². The number of hydrogen-bond acceptors (Lipinski definition) is 3. The van der Waals surface area contributed by atoms with E-state index >= 15 is 0 Å². The number of rotatable bonds is 5. The number of furan rings is 1. The van der Waals surface area contributed by atoms with E-state index in [0.29, 0.717) is 6.54 Å². The summed E-state index contributed by atoms with van der Waals surface area (Å²) in [4.78, 5) is 7.09. The average Bonchev–Trinajstić information content (AvgIpc) is 2.94. The number of aliphatic imine (C=N–C) groups is 1. The van der Waals surface area contributed by atoms with E-state index in [-0.39, 0.29) is 4.75 Å². The lowest BCUT2D eigenvalue weighted by atomic mass is 10.2. The summed E-state index contributed by atoms with van der Waals surface area (Å²) in [7, 11) is 0. The second kappa shape index (κ2) is 7.77. The first-order valence-electron chi connectivity index (χ1n) is 7.80. The van der Waals surface area contributed by atoms with Gasteiger partial charge in [-0.15, -0.1) is 0 Å². The monoisotopic (exact) mass is 321 g/mol. The molecule has 1 saturated heterocycles. The van der Waals surface area contributed by atoms with Gasteiger partial charge in [-0.25, -0.2) is 4.99 Å². The van der Waals surface area contributed by atoms with Crippen LogP contribution in [0, 0.1) is 0 Å². The Morgan fingerprint density at radius 1 is 1.55 bits per heavy atom. The van der Waals surface area contributed by atoms with Gasteiger partial charge in [0.05, 0.1) is 12.8 Å². The second-order valence-electron chi connectivity index (χ2n) is 6.38. The molecule has 22 heavy (non-hydrogen) atoms. The van der Waals surface area contributed by atoms with Gasteiger partial charge in [-0.05, 0) is 32.9 Å². The second-order valence-corrected chi connectivity index (χ2v) is 8.18. The van der Waals surface area contributed by atoms with Crippen LogP contribution in [-0.2, 0) is 6.42 Å². The predicted molar refractivity (Wildman–Crippen MR) is 95.6 cm³/mol. The van der Waals surface area contributed by atoms with E-state index in [4.69, 9.17) is 9.41 Å². The lowest BCUT2D eigenvalue weighted by molar-refractivity contribution is 0.375. The van der Waals surface area contributed by atoms with Crippen molar-refractivity contribution in [2.75, 3.05) is 31.9 Å². The molecule has 0 bridgehead atoms. The van der Waals surface area contributed by atoms with Crippen LogP contribution in [0.15, 0.2) is 40.0 Å². The smallest absolute Gasteiger partial charge is 0.194 e. The van der Waals surface area contributed by atoms with Gasteiger partial charge in [-0.1, -0.05) is 12.2 Å². The highest BCUT2D eigenvalue weighted by Gasteiger charge is 2.28. The molecule has 5 heteroatoms. The maximum absolute atomic E-state index is 5.38. The Hall–Kier alpha value is -1.36. The van der Waals surface area contributed by atoms with E-state index in [9.17, 15) is 0 Å². The zero-order chi connectivity index (χ0) is 16.0.